The molecule has 0 bridgehead atoms. The lowest BCUT2D eigenvalue weighted by atomic mass is 10.1. The number of nitrogens with one attached hydrogen (secondary N) is 1. The minimum atomic E-state index is 0.761. The second-order valence-corrected chi connectivity index (χ2v) is 5.97. The van der Waals surface area contributed by atoms with Gasteiger partial charge in [-0.15, -0.1) is 0 Å². The lowest BCUT2D eigenvalue weighted by Crippen LogP contribution is -2.28. The van der Waals surface area contributed by atoms with E-state index in [1.54, 1.807) is 0 Å². The van der Waals surface area contributed by atoms with E-state index in [0.717, 1.165) is 24.0 Å². The lowest BCUT2D eigenvalue weighted by Gasteiger charge is -2.26. The molecule has 1 saturated heterocycles. The maximum Gasteiger partial charge on any atom is 0.0471 e. The normalized spacial score (nSPS) is 19.9. The van der Waals surface area contributed by atoms with Crippen LogP contribution in [-0.2, 0) is 6.54 Å². The van der Waals surface area contributed by atoms with Crippen LogP contribution in [0.2, 0.25) is 5.02 Å². The van der Waals surface area contributed by atoms with Crippen molar-refractivity contribution in [1.82, 2.24) is 10.2 Å². The fourth-order valence-electron chi connectivity index (χ4n) is 2.92. The van der Waals surface area contributed by atoms with Gasteiger partial charge in [-0.05, 0) is 45.1 Å². The Balaban J connectivity index is 2.09. The molecule has 1 aromatic rings. The van der Waals surface area contributed by atoms with Crippen LogP contribution in [0.1, 0.15) is 12.0 Å². The van der Waals surface area contributed by atoms with E-state index in [1.807, 2.05) is 19.2 Å². The van der Waals surface area contributed by atoms with Crippen molar-refractivity contribution in [3.05, 3.63) is 28.8 Å². The number of hydrogen-bond acceptors (Lipinski definition) is 3. The molecule has 1 aliphatic rings. The van der Waals surface area contributed by atoms with E-state index in [9.17, 15) is 0 Å². The van der Waals surface area contributed by atoms with Crippen LogP contribution < -0.4 is 10.2 Å². The van der Waals surface area contributed by atoms with Crippen molar-refractivity contribution < 1.29 is 0 Å². The van der Waals surface area contributed by atoms with Crippen molar-refractivity contribution in [2.75, 3.05) is 45.7 Å². The first-order valence-electron chi connectivity index (χ1n) is 6.93. The van der Waals surface area contributed by atoms with Gasteiger partial charge in [-0.2, -0.15) is 0 Å². The molecule has 19 heavy (non-hydrogen) atoms. The van der Waals surface area contributed by atoms with Crippen molar-refractivity contribution >= 4 is 17.3 Å². The molecule has 2 rings (SSSR count). The average Bonchev–Trinajstić information content (AvgIpc) is 2.77. The van der Waals surface area contributed by atoms with E-state index in [-0.39, 0.29) is 0 Å². The highest BCUT2D eigenvalue weighted by Gasteiger charge is 2.21. The SMILES string of the molecule is CNCc1c(Cl)cccc1N(C)CC1CCN(C)C1. The molecule has 0 amide bonds. The Hall–Kier alpha value is -0.770. The summed E-state index contributed by atoms with van der Waals surface area (Å²) in [7, 11) is 6.33. The van der Waals surface area contributed by atoms with Crippen LogP contribution in [0.4, 0.5) is 5.69 Å². The molecular weight excluding hydrogens is 258 g/mol. The maximum atomic E-state index is 6.32. The molecule has 1 aliphatic heterocycles. The van der Waals surface area contributed by atoms with Crippen molar-refractivity contribution in [1.29, 1.82) is 0 Å². The van der Waals surface area contributed by atoms with Crippen molar-refractivity contribution in [2.24, 2.45) is 5.92 Å². The Labute approximate surface area is 121 Å². The van der Waals surface area contributed by atoms with Crippen molar-refractivity contribution in [3.63, 3.8) is 0 Å². The van der Waals surface area contributed by atoms with Crippen LogP contribution in [0, 0.1) is 5.92 Å². The van der Waals surface area contributed by atoms with Crippen LogP contribution in [0.3, 0.4) is 0 Å². The zero-order valence-electron chi connectivity index (χ0n) is 12.1. The molecule has 0 radical (unpaired) electrons. The van der Waals surface area contributed by atoms with Crippen LogP contribution in [0.25, 0.3) is 0 Å². The summed E-state index contributed by atoms with van der Waals surface area (Å²) in [6.45, 7) is 4.33. The summed E-state index contributed by atoms with van der Waals surface area (Å²) in [5, 5.41) is 4.05. The minimum absolute atomic E-state index is 0.761. The number of rotatable bonds is 5. The molecule has 1 atom stereocenters. The number of hydrogen-bond donors (Lipinski definition) is 1. The molecule has 3 nitrogen and oxygen atoms in total. The van der Waals surface area contributed by atoms with E-state index in [1.165, 1.54) is 30.8 Å². The van der Waals surface area contributed by atoms with Gasteiger partial charge in [-0.3, -0.25) is 0 Å². The first kappa shape index (κ1) is 14.6. The van der Waals surface area contributed by atoms with Crippen LogP contribution in [-0.4, -0.2) is 45.7 Å². The van der Waals surface area contributed by atoms with E-state index in [4.69, 9.17) is 11.6 Å². The number of halogens is 1. The van der Waals surface area contributed by atoms with Crippen molar-refractivity contribution in [2.45, 2.75) is 13.0 Å². The van der Waals surface area contributed by atoms with Gasteiger partial charge in [0.15, 0.2) is 0 Å². The molecule has 0 aliphatic carbocycles. The smallest absolute Gasteiger partial charge is 0.0471 e. The Morgan fingerprint density at radius 3 is 2.89 bits per heavy atom. The average molecular weight is 282 g/mol. The van der Waals surface area contributed by atoms with Gasteiger partial charge in [0, 0.05) is 43.0 Å². The highest BCUT2D eigenvalue weighted by atomic mass is 35.5. The second-order valence-electron chi connectivity index (χ2n) is 5.57. The molecule has 1 unspecified atom stereocenters. The molecule has 1 aromatic carbocycles. The molecule has 4 heteroatoms. The van der Waals surface area contributed by atoms with Gasteiger partial charge in [0.1, 0.15) is 0 Å². The quantitative estimate of drug-likeness (QED) is 0.894. The van der Waals surface area contributed by atoms with Gasteiger partial charge in [0.05, 0.1) is 0 Å². The summed E-state index contributed by atoms with van der Waals surface area (Å²) in [4.78, 5) is 4.76. The molecule has 1 N–H and O–H groups in total. The Morgan fingerprint density at radius 1 is 1.47 bits per heavy atom. The summed E-state index contributed by atoms with van der Waals surface area (Å²) in [6, 6.07) is 6.17. The Morgan fingerprint density at radius 2 is 2.26 bits per heavy atom. The fourth-order valence-corrected chi connectivity index (χ4v) is 3.15. The molecule has 1 fully saturated rings. The van der Waals surface area contributed by atoms with Crippen LogP contribution >= 0.6 is 11.6 Å². The first-order valence-corrected chi connectivity index (χ1v) is 7.31. The largest absolute Gasteiger partial charge is 0.374 e. The first-order chi connectivity index (χ1) is 9.11. The molecule has 0 spiro atoms. The zero-order valence-corrected chi connectivity index (χ0v) is 12.9. The summed E-state index contributed by atoms with van der Waals surface area (Å²) in [5.41, 5.74) is 2.44. The molecule has 0 aromatic heterocycles. The number of likely N-dealkylation sites (tertiary alicyclic amines) is 1. The van der Waals surface area contributed by atoms with Gasteiger partial charge in [0.2, 0.25) is 0 Å². The van der Waals surface area contributed by atoms with Gasteiger partial charge in [-0.25, -0.2) is 0 Å². The third-order valence-electron chi connectivity index (χ3n) is 3.88. The molecular formula is C15H24ClN3. The van der Waals surface area contributed by atoms with E-state index >= 15 is 0 Å². The predicted molar refractivity (Wildman–Crippen MR) is 83.1 cm³/mol. The lowest BCUT2D eigenvalue weighted by molar-refractivity contribution is 0.396. The molecule has 106 valence electrons. The van der Waals surface area contributed by atoms with Gasteiger partial charge < -0.3 is 15.1 Å². The molecule has 0 saturated carbocycles. The van der Waals surface area contributed by atoms with Gasteiger partial charge >= 0.3 is 0 Å². The highest BCUT2D eigenvalue weighted by Crippen LogP contribution is 2.28. The van der Waals surface area contributed by atoms with Gasteiger partial charge in [-0.1, -0.05) is 17.7 Å². The van der Waals surface area contributed by atoms with E-state index in [0.29, 0.717) is 0 Å². The Kier molecular flexibility index (Phi) is 5.08. The summed E-state index contributed by atoms with van der Waals surface area (Å²) in [5.74, 6) is 0.761. The highest BCUT2D eigenvalue weighted by molar-refractivity contribution is 6.31. The number of nitrogens with zero attached hydrogens (tertiary/aromatic N) is 2. The number of anilines is 1. The third-order valence-corrected chi connectivity index (χ3v) is 4.23. The van der Waals surface area contributed by atoms with Crippen LogP contribution in [0.5, 0.6) is 0 Å². The monoisotopic (exact) mass is 281 g/mol. The van der Waals surface area contributed by atoms with Crippen molar-refractivity contribution in [3.8, 4) is 0 Å². The predicted octanol–water partition coefficient (Wildman–Crippen LogP) is 2.45. The standard InChI is InChI=1S/C15H24ClN3/c1-17-9-13-14(16)5-4-6-15(13)19(3)11-12-7-8-18(2)10-12/h4-6,12,17H,7-11H2,1-3H3. The fraction of sp³-hybridized carbons (Fsp3) is 0.600. The minimum Gasteiger partial charge on any atom is -0.374 e. The molecule has 1 heterocycles. The summed E-state index contributed by atoms with van der Waals surface area (Å²) in [6.07, 6.45) is 1.29. The van der Waals surface area contributed by atoms with E-state index < -0.39 is 0 Å². The Bertz CT molecular complexity index is 422. The number of benzene rings is 1. The van der Waals surface area contributed by atoms with E-state index in [2.05, 4.69) is 35.3 Å². The topological polar surface area (TPSA) is 18.5 Å². The zero-order chi connectivity index (χ0) is 13.8. The third kappa shape index (κ3) is 3.62. The summed E-state index contributed by atoms with van der Waals surface area (Å²) >= 11 is 6.32. The van der Waals surface area contributed by atoms with Crippen LogP contribution in [0.15, 0.2) is 18.2 Å². The second kappa shape index (κ2) is 6.60. The van der Waals surface area contributed by atoms with Gasteiger partial charge in [0.25, 0.3) is 0 Å². The summed E-state index contributed by atoms with van der Waals surface area (Å²) < 4.78 is 0. The maximum absolute atomic E-state index is 6.32.